The third-order valence-corrected chi connectivity index (χ3v) is 4.70. The number of aliphatic hydroxyl groups is 2. The summed E-state index contributed by atoms with van der Waals surface area (Å²) in [5.74, 6) is 4.68. The lowest BCUT2D eigenvalue weighted by molar-refractivity contribution is -0.110. The van der Waals surface area contributed by atoms with Gasteiger partial charge in [-0.15, -0.1) is 0 Å². The van der Waals surface area contributed by atoms with Gasteiger partial charge in [-0.05, 0) is 31.1 Å². The first-order chi connectivity index (χ1) is 9.41. The van der Waals surface area contributed by atoms with Crippen LogP contribution in [0.25, 0.3) is 0 Å². The predicted octanol–water partition coefficient (Wildman–Crippen LogP) is 4.49. The molecule has 1 atom stereocenters. The van der Waals surface area contributed by atoms with Gasteiger partial charge in [0.05, 0.1) is 0 Å². The zero-order valence-corrected chi connectivity index (χ0v) is 14.1. The quantitative estimate of drug-likeness (QED) is 0.371. The zero-order chi connectivity index (χ0) is 15.6. The Morgan fingerprint density at radius 1 is 0.850 bits per heavy atom. The first kappa shape index (κ1) is 19.5. The maximum atomic E-state index is 9.73. The van der Waals surface area contributed by atoms with E-state index in [4.69, 9.17) is 0 Å². The summed E-state index contributed by atoms with van der Waals surface area (Å²) in [7, 11) is 0. The molecule has 2 heteroatoms. The van der Waals surface area contributed by atoms with Crippen LogP contribution in [0.5, 0.6) is 0 Å². The van der Waals surface area contributed by atoms with E-state index in [1.807, 2.05) is 0 Å². The number of rotatable bonds is 9. The highest BCUT2D eigenvalue weighted by molar-refractivity contribution is 5.18. The van der Waals surface area contributed by atoms with Crippen LogP contribution in [0.1, 0.15) is 86.0 Å². The van der Waals surface area contributed by atoms with E-state index < -0.39 is 5.79 Å². The molecule has 0 bridgehead atoms. The van der Waals surface area contributed by atoms with Crippen LogP contribution in [-0.4, -0.2) is 16.0 Å². The lowest BCUT2D eigenvalue weighted by atomic mass is 9.68. The second kappa shape index (κ2) is 9.42. The largest absolute Gasteiger partial charge is 0.356 e. The summed E-state index contributed by atoms with van der Waals surface area (Å²) in [6.45, 7) is 10.5. The Labute approximate surface area is 126 Å². The summed E-state index contributed by atoms with van der Waals surface area (Å²) in [6.07, 6.45) is 8.24. The lowest BCUT2D eigenvalue weighted by Gasteiger charge is -2.35. The molecule has 2 nitrogen and oxygen atoms in total. The van der Waals surface area contributed by atoms with Crippen molar-refractivity contribution in [2.75, 3.05) is 0 Å². The molecule has 0 amide bonds. The molecule has 0 saturated heterocycles. The van der Waals surface area contributed by atoms with Gasteiger partial charge in [0.15, 0.2) is 0 Å². The van der Waals surface area contributed by atoms with Gasteiger partial charge in [-0.25, -0.2) is 0 Å². The fraction of sp³-hybridized carbons (Fsp3) is 0.889. The highest BCUT2D eigenvalue weighted by Crippen LogP contribution is 2.40. The van der Waals surface area contributed by atoms with E-state index >= 15 is 0 Å². The molecule has 0 saturated carbocycles. The van der Waals surface area contributed by atoms with Crippen LogP contribution in [0.15, 0.2) is 0 Å². The highest BCUT2D eigenvalue weighted by atomic mass is 16.5. The van der Waals surface area contributed by atoms with Crippen LogP contribution in [0.3, 0.4) is 0 Å². The normalized spacial score (nSPS) is 13.8. The second-order valence-electron chi connectivity index (χ2n) is 5.88. The van der Waals surface area contributed by atoms with Gasteiger partial charge in [-0.2, -0.15) is 0 Å². The summed E-state index contributed by atoms with van der Waals surface area (Å²) in [4.78, 5) is 0. The first-order valence-corrected chi connectivity index (χ1v) is 8.40. The van der Waals surface area contributed by atoms with E-state index in [0.717, 1.165) is 19.3 Å². The SMILES string of the molecule is CCCCCC(CC)C(C#CC(O)(O)CC)(CC)CC. The Balaban J connectivity index is 5.13. The molecular weight excluding hydrogens is 248 g/mol. The van der Waals surface area contributed by atoms with Crippen LogP contribution in [0.4, 0.5) is 0 Å². The van der Waals surface area contributed by atoms with Crippen molar-refractivity contribution in [3.8, 4) is 11.8 Å². The Morgan fingerprint density at radius 2 is 1.45 bits per heavy atom. The molecule has 0 aliphatic carbocycles. The first-order valence-electron chi connectivity index (χ1n) is 8.40. The third kappa shape index (κ3) is 5.85. The number of hydrogen-bond acceptors (Lipinski definition) is 2. The molecule has 0 fully saturated rings. The summed E-state index contributed by atoms with van der Waals surface area (Å²) >= 11 is 0. The molecule has 20 heavy (non-hydrogen) atoms. The predicted molar refractivity (Wildman–Crippen MR) is 86.2 cm³/mol. The minimum absolute atomic E-state index is 0.0750. The van der Waals surface area contributed by atoms with Gasteiger partial charge in [-0.3, -0.25) is 0 Å². The maximum absolute atomic E-state index is 9.73. The topological polar surface area (TPSA) is 40.5 Å². The average Bonchev–Trinajstić information content (AvgIpc) is 2.46. The third-order valence-electron chi connectivity index (χ3n) is 4.70. The van der Waals surface area contributed by atoms with Crippen LogP contribution in [-0.2, 0) is 0 Å². The van der Waals surface area contributed by atoms with E-state index in [9.17, 15) is 10.2 Å². The van der Waals surface area contributed by atoms with Gasteiger partial charge >= 0.3 is 0 Å². The van der Waals surface area contributed by atoms with Crippen molar-refractivity contribution in [3.63, 3.8) is 0 Å². The van der Waals surface area contributed by atoms with Crippen molar-refractivity contribution in [2.24, 2.45) is 11.3 Å². The summed E-state index contributed by atoms with van der Waals surface area (Å²) in [5, 5.41) is 19.5. The molecule has 0 heterocycles. The molecule has 2 N–H and O–H groups in total. The van der Waals surface area contributed by atoms with Crippen molar-refractivity contribution in [3.05, 3.63) is 0 Å². The van der Waals surface area contributed by atoms with Gasteiger partial charge in [0.1, 0.15) is 0 Å². The fourth-order valence-corrected chi connectivity index (χ4v) is 2.93. The molecule has 0 aromatic heterocycles. The molecule has 1 unspecified atom stereocenters. The van der Waals surface area contributed by atoms with Crippen molar-refractivity contribution >= 4 is 0 Å². The monoisotopic (exact) mass is 282 g/mol. The van der Waals surface area contributed by atoms with Crippen molar-refractivity contribution in [1.29, 1.82) is 0 Å². The Kier molecular flexibility index (Phi) is 9.18. The maximum Gasteiger partial charge on any atom is 0.228 e. The Bertz CT molecular complexity index is 305. The van der Waals surface area contributed by atoms with Crippen LogP contribution in [0, 0.1) is 23.2 Å². The van der Waals surface area contributed by atoms with Crippen molar-refractivity contribution < 1.29 is 10.2 Å². The number of unbranched alkanes of at least 4 members (excludes halogenated alkanes) is 2. The van der Waals surface area contributed by atoms with Gasteiger partial charge in [0.25, 0.3) is 0 Å². The van der Waals surface area contributed by atoms with Gasteiger partial charge in [0, 0.05) is 11.8 Å². The van der Waals surface area contributed by atoms with E-state index in [1.54, 1.807) is 6.92 Å². The van der Waals surface area contributed by atoms with Gasteiger partial charge < -0.3 is 10.2 Å². The molecule has 0 rings (SSSR count). The molecule has 0 aliphatic rings. The molecule has 0 aromatic carbocycles. The summed E-state index contributed by atoms with van der Waals surface area (Å²) in [5.41, 5.74) is -0.0750. The number of hydrogen-bond donors (Lipinski definition) is 2. The van der Waals surface area contributed by atoms with E-state index in [1.165, 1.54) is 25.7 Å². The van der Waals surface area contributed by atoms with Crippen LogP contribution >= 0.6 is 0 Å². The fourth-order valence-electron chi connectivity index (χ4n) is 2.93. The molecule has 0 radical (unpaired) electrons. The summed E-state index contributed by atoms with van der Waals surface area (Å²) in [6, 6.07) is 0. The minimum atomic E-state index is -1.84. The minimum Gasteiger partial charge on any atom is -0.356 e. The molecule has 0 aromatic rings. The van der Waals surface area contributed by atoms with E-state index in [2.05, 4.69) is 39.5 Å². The smallest absolute Gasteiger partial charge is 0.228 e. The molecular formula is C18H34O2. The lowest BCUT2D eigenvalue weighted by Crippen LogP contribution is -2.30. The zero-order valence-electron chi connectivity index (χ0n) is 14.1. The average molecular weight is 282 g/mol. The molecule has 118 valence electrons. The summed E-state index contributed by atoms with van der Waals surface area (Å²) < 4.78 is 0. The highest BCUT2D eigenvalue weighted by Gasteiger charge is 2.33. The van der Waals surface area contributed by atoms with Gasteiger partial charge in [0.2, 0.25) is 5.79 Å². The van der Waals surface area contributed by atoms with Crippen molar-refractivity contribution in [2.45, 2.75) is 91.8 Å². The van der Waals surface area contributed by atoms with Crippen LogP contribution < -0.4 is 0 Å². The second-order valence-corrected chi connectivity index (χ2v) is 5.88. The van der Waals surface area contributed by atoms with Crippen molar-refractivity contribution in [1.82, 2.24) is 0 Å². The Hall–Kier alpha value is -0.520. The van der Waals surface area contributed by atoms with Gasteiger partial charge in [-0.1, -0.05) is 66.2 Å². The standard InChI is InChI=1S/C18H34O2/c1-6-11-12-13-16(7-2)17(8-3,9-4)14-15-18(19,20)10-5/h16,19-20H,6-13H2,1-5H3. The van der Waals surface area contributed by atoms with E-state index in [0.29, 0.717) is 5.92 Å². The van der Waals surface area contributed by atoms with E-state index in [-0.39, 0.29) is 11.8 Å². The molecule has 0 aliphatic heterocycles. The Morgan fingerprint density at radius 3 is 1.85 bits per heavy atom. The van der Waals surface area contributed by atoms with Crippen LogP contribution in [0.2, 0.25) is 0 Å². The molecule has 0 spiro atoms.